The van der Waals surface area contributed by atoms with Gasteiger partial charge >= 0.3 is 0 Å². The maximum Gasteiger partial charge on any atom is 0.261 e. The third-order valence-corrected chi connectivity index (χ3v) is 3.25. The van der Waals surface area contributed by atoms with Gasteiger partial charge < -0.3 is 0 Å². The summed E-state index contributed by atoms with van der Waals surface area (Å²) in [6.07, 6.45) is 1.33. The Hall–Kier alpha value is -2.21. The molecule has 0 amide bonds. The molecule has 0 spiro atoms. The zero-order chi connectivity index (χ0) is 13.6. The second-order valence-electron chi connectivity index (χ2n) is 4.08. The van der Waals surface area contributed by atoms with E-state index in [1.807, 2.05) is 6.92 Å². The van der Waals surface area contributed by atoms with Crippen LogP contribution in [-0.4, -0.2) is 19.4 Å². The first-order valence-corrected chi connectivity index (χ1v) is 5.84. The molecule has 3 aromatic rings. The van der Waals surface area contributed by atoms with Crippen LogP contribution >= 0.6 is 11.6 Å². The Morgan fingerprint density at radius 2 is 2.11 bits per heavy atom. The summed E-state index contributed by atoms with van der Waals surface area (Å²) in [6, 6.07) is 5.98. The van der Waals surface area contributed by atoms with Crippen molar-refractivity contribution in [1.82, 2.24) is 19.4 Å². The Morgan fingerprint density at radius 3 is 2.84 bits per heavy atom. The van der Waals surface area contributed by atoms with Gasteiger partial charge in [0.15, 0.2) is 5.65 Å². The van der Waals surface area contributed by atoms with E-state index in [1.165, 1.54) is 10.8 Å². The van der Waals surface area contributed by atoms with Crippen molar-refractivity contribution in [2.75, 3.05) is 0 Å². The van der Waals surface area contributed by atoms with Gasteiger partial charge in [0.2, 0.25) is 5.95 Å². The highest BCUT2D eigenvalue weighted by Gasteiger charge is 2.12. The van der Waals surface area contributed by atoms with E-state index in [1.54, 1.807) is 18.2 Å². The van der Waals surface area contributed by atoms with Crippen molar-refractivity contribution in [2.24, 2.45) is 0 Å². The van der Waals surface area contributed by atoms with Crippen LogP contribution in [0.4, 0.5) is 4.39 Å². The summed E-state index contributed by atoms with van der Waals surface area (Å²) in [5.41, 5.74) is 1.17. The van der Waals surface area contributed by atoms with Crippen molar-refractivity contribution >= 4 is 17.2 Å². The number of halogens is 2. The fraction of sp³-hybridized carbons (Fsp3) is 0.0833. The van der Waals surface area contributed by atoms with Crippen molar-refractivity contribution in [1.29, 1.82) is 0 Å². The molecule has 2 heterocycles. The normalized spacial score (nSPS) is 11.1. The lowest BCUT2D eigenvalue weighted by Gasteiger charge is -2.09. The molecular weight excluding hydrogens is 271 g/mol. The van der Waals surface area contributed by atoms with Gasteiger partial charge in [-0.2, -0.15) is 8.91 Å². The van der Waals surface area contributed by atoms with Gasteiger partial charge in [0.25, 0.3) is 5.56 Å². The zero-order valence-electron chi connectivity index (χ0n) is 9.84. The zero-order valence-corrected chi connectivity index (χ0v) is 10.6. The molecule has 0 saturated carbocycles. The predicted molar refractivity (Wildman–Crippen MR) is 68.3 cm³/mol. The highest BCUT2D eigenvalue weighted by atomic mass is 35.5. The molecule has 0 aliphatic heterocycles. The molecule has 5 nitrogen and oxygen atoms in total. The number of hydrogen-bond acceptors (Lipinski definition) is 3. The second kappa shape index (κ2) is 4.17. The van der Waals surface area contributed by atoms with Crippen LogP contribution in [0.15, 0.2) is 35.3 Å². The van der Waals surface area contributed by atoms with E-state index >= 15 is 0 Å². The van der Waals surface area contributed by atoms with Gasteiger partial charge in [0.05, 0.1) is 18.0 Å². The highest BCUT2D eigenvalue weighted by molar-refractivity contribution is 6.31. The summed E-state index contributed by atoms with van der Waals surface area (Å²) >= 11 is 5.95. The maximum atomic E-state index is 13.5. The second-order valence-corrected chi connectivity index (χ2v) is 4.49. The minimum Gasteiger partial charge on any atom is -0.269 e. The van der Waals surface area contributed by atoms with Gasteiger partial charge in [-0.1, -0.05) is 16.8 Å². The number of aryl methyl sites for hydroxylation is 1. The Balaban J connectivity index is 2.39. The largest absolute Gasteiger partial charge is 0.269 e. The van der Waals surface area contributed by atoms with E-state index in [-0.39, 0.29) is 5.65 Å². The number of benzene rings is 1. The summed E-state index contributed by atoms with van der Waals surface area (Å²) in [6.45, 7) is 1.83. The standard InChI is InChI=1S/C12H8ClFN4O/c1-7-4-8(2-3-9(7)13)17-11-6-15-16-18(11)10(14)5-12(17)19/h2-6H,1H3. The van der Waals surface area contributed by atoms with Gasteiger partial charge in [-0.15, -0.1) is 5.10 Å². The minimum atomic E-state index is -0.751. The van der Waals surface area contributed by atoms with Crippen LogP contribution in [0.2, 0.25) is 5.02 Å². The van der Waals surface area contributed by atoms with Gasteiger partial charge in [-0.3, -0.25) is 9.36 Å². The van der Waals surface area contributed by atoms with E-state index < -0.39 is 11.5 Å². The van der Waals surface area contributed by atoms with Gasteiger partial charge in [0, 0.05) is 5.02 Å². The van der Waals surface area contributed by atoms with Gasteiger partial charge in [-0.05, 0) is 30.7 Å². The molecule has 0 N–H and O–H groups in total. The summed E-state index contributed by atoms with van der Waals surface area (Å²) < 4.78 is 15.8. The molecule has 0 unspecified atom stereocenters. The Labute approximate surface area is 111 Å². The average Bonchev–Trinajstić information content (AvgIpc) is 2.83. The molecule has 0 saturated heterocycles. The monoisotopic (exact) mass is 278 g/mol. The third kappa shape index (κ3) is 1.80. The van der Waals surface area contributed by atoms with Crippen LogP contribution in [0.3, 0.4) is 0 Å². The molecule has 96 valence electrons. The van der Waals surface area contributed by atoms with E-state index in [4.69, 9.17) is 11.6 Å². The van der Waals surface area contributed by atoms with Crippen molar-refractivity contribution in [3.05, 3.63) is 57.3 Å². The minimum absolute atomic E-state index is 0.256. The lowest BCUT2D eigenvalue weighted by molar-refractivity contribution is 0.528. The smallest absolute Gasteiger partial charge is 0.261 e. The van der Waals surface area contributed by atoms with Crippen molar-refractivity contribution < 1.29 is 4.39 Å². The number of fused-ring (bicyclic) bond motifs is 1. The Bertz CT molecular complexity index is 839. The molecular formula is C12H8ClFN4O. The molecule has 0 atom stereocenters. The van der Waals surface area contributed by atoms with E-state index in [2.05, 4.69) is 10.3 Å². The molecule has 0 fully saturated rings. The first kappa shape index (κ1) is 11.9. The molecule has 2 aromatic heterocycles. The topological polar surface area (TPSA) is 52.2 Å². The van der Waals surface area contributed by atoms with E-state index in [0.717, 1.165) is 16.1 Å². The molecule has 0 aliphatic carbocycles. The van der Waals surface area contributed by atoms with Gasteiger partial charge in [-0.25, -0.2) is 0 Å². The molecule has 1 aromatic carbocycles. The SMILES string of the molecule is Cc1cc(-n2c(=O)cc(F)n3nncc23)ccc1Cl. The summed E-state index contributed by atoms with van der Waals surface area (Å²) in [5.74, 6) is -0.751. The van der Waals surface area contributed by atoms with E-state index in [9.17, 15) is 9.18 Å². The van der Waals surface area contributed by atoms with Crippen LogP contribution in [0.5, 0.6) is 0 Å². The van der Waals surface area contributed by atoms with Crippen LogP contribution in [0.25, 0.3) is 11.3 Å². The van der Waals surface area contributed by atoms with Crippen molar-refractivity contribution in [2.45, 2.75) is 6.92 Å². The highest BCUT2D eigenvalue weighted by Crippen LogP contribution is 2.19. The van der Waals surface area contributed by atoms with Gasteiger partial charge in [0.1, 0.15) is 0 Å². The lowest BCUT2D eigenvalue weighted by atomic mass is 10.2. The molecule has 0 aliphatic rings. The predicted octanol–water partition coefficient (Wildman–Crippen LogP) is 1.98. The number of aromatic nitrogens is 4. The Kier molecular flexibility index (Phi) is 2.60. The summed E-state index contributed by atoms with van der Waals surface area (Å²) in [7, 11) is 0. The maximum absolute atomic E-state index is 13.5. The Morgan fingerprint density at radius 1 is 1.32 bits per heavy atom. The quantitative estimate of drug-likeness (QED) is 0.640. The molecule has 0 bridgehead atoms. The fourth-order valence-electron chi connectivity index (χ4n) is 1.90. The van der Waals surface area contributed by atoms with Crippen LogP contribution < -0.4 is 5.56 Å². The third-order valence-electron chi connectivity index (χ3n) is 2.83. The molecule has 7 heteroatoms. The number of hydrogen-bond donors (Lipinski definition) is 0. The van der Waals surface area contributed by atoms with Crippen LogP contribution in [-0.2, 0) is 0 Å². The fourth-order valence-corrected chi connectivity index (χ4v) is 2.02. The first-order chi connectivity index (χ1) is 9.08. The van der Waals surface area contributed by atoms with Crippen molar-refractivity contribution in [3.8, 4) is 5.69 Å². The summed E-state index contributed by atoms with van der Waals surface area (Å²) in [4.78, 5) is 12.0. The van der Waals surface area contributed by atoms with E-state index in [0.29, 0.717) is 10.7 Å². The molecule has 0 radical (unpaired) electrons. The summed E-state index contributed by atoms with van der Waals surface area (Å²) in [5, 5.41) is 7.81. The van der Waals surface area contributed by atoms with Crippen molar-refractivity contribution in [3.63, 3.8) is 0 Å². The number of rotatable bonds is 1. The molecule has 19 heavy (non-hydrogen) atoms. The number of nitrogens with zero attached hydrogens (tertiary/aromatic N) is 4. The molecule has 3 rings (SSSR count). The average molecular weight is 279 g/mol. The van der Waals surface area contributed by atoms with Crippen LogP contribution in [0, 0.1) is 12.9 Å². The lowest BCUT2D eigenvalue weighted by Crippen LogP contribution is -2.21. The first-order valence-electron chi connectivity index (χ1n) is 5.46. The van der Waals surface area contributed by atoms with Crippen LogP contribution in [0.1, 0.15) is 5.56 Å².